The van der Waals surface area contributed by atoms with Gasteiger partial charge < -0.3 is 10.2 Å². The van der Waals surface area contributed by atoms with Crippen LogP contribution in [0.25, 0.3) is 0 Å². The molecule has 1 heterocycles. The number of benzene rings is 2. The van der Waals surface area contributed by atoms with Crippen molar-refractivity contribution in [2.24, 2.45) is 0 Å². The second-order valence-corrected chi connectivity index (χ2v) is 6.12. The Morgan fingerprint density at radius 3 is 2.62 bits per heavy atom. The molecule has 0 spiro atoms. The number of halogens is 2. The number of amides is 2. The van der Waals surface area contributed by atoms with Gasteiger partial charge in [-0.3, -0.25) is 9.59 Å². The highest BCUT2D eigenvalue weighted by molar-refractivity contribution is 5.95. The number of hydrogen-bond donors (Lipinski definition) is 1. The normalized spacial score (nSPS) is 16.4. The molecule has 132 valence electrons. The van der Waals surface area contributed by atoms with Gasteiger partial charge in [0.2, 0.25) is 5.91 Å². The van der Waals surface area contributed by atoms with Crippen LogP contribution in [-0.4, -0.2) is 29.3 Å². The Kier molecular flexibility index (Phi) is 4.94. The molecule has 26 heavy (non-hydrogen) atoms. The lowest BCUT2D eigenvalue weighted by Crippen LogP contribution is -2.37. The van der Waals surface area contributed by atoms with E-state index in [9.17, 15) is 18.4 Å². The van der Waals surface area contributed by atoms with Gasteiger partial charge in [-0.1, -0.05) is 12.1 Å². The molecular weight excluding hydrogens is 340 g/mol. The third kappa shape index (κ3) is 4.03. The Hall–Kier alpha value is -3.27. The lowest BCUT2D eigenvalue weighted by Gasteiger charge is -2.17. The summed E-state index contributed by atoms with van der Waals surface area (Å²) in [5.74, 6) is -1.69. The van der Waals surface area contributed by atoms with Gasteiger partial charge in [0, 0.05) is 25.1 Å². The molecule has 1 atom stereocenters. The average Bonchev–Trinajstić information content (AvgIpc) is 2.95. The molecule has 0 bridgehead atoms. The summed E-state index contributed by atoms with van der Waals surface area (Å²) in [7, 11) is 0. The van der Waals surface area contributed by atoms with Gasteiger partial charge in [0.15, 0.2) is 0 Å². The topological polar surface area (TPSA) is 73.2 Å². The molecule has 0 aromatic heterocycles. The van der Waals surface area contributed by atoms with Crippen LogP contribution >= 0.6 is 0 Å². The number of rotatable bonds is 4. The highest BCUT2D eigenvalue weighted by Crippen LogP contribution is 2.17. The van der Waals surface area contributed by atoms with Crippen molar-refractivity contribution in [1.29, 1.82) is 5.26 Å². The molecule has 1 aliphatic heterocycles. The monoisotopic (exact) mass is 355 g/mol. The summed E-state index contributed by atoms with van der Waals surface area (Å²) in [6.45, 7) is 0.631. The van der Waals surface area contributed by atoms with Crippen LogP contribution in [0.2, 0.25) is 0 Å². The first kappa shape index (κ1) is 17.5. The van der Waals surface area contributed by atoms with E-state index in [-0.39, 0.29) is 29.3 Å². The van der Waals surface area contributed by atoms with Gasteiger partial charge in [-0.2, -0.15) is 5.26 Å². The van der Waals surface area contributed by atoms with E-state index in [1.165, 1.54) is 18.2 Å². The van der Waals surface area contributed by atoms with Crippen LogP contribution in [0.1, 0.15) is 27.9 Å². The molecule has 0 unspecified atom stereocenters. The predicted molar refractivity (Wildman–Crippen MR) is 88.8 cm³/mol. The zero-order valence-electron chi connectivity index (χ0n) is 13.7. The quantitative estimate of drug-likeness (QED) is 0.915. The maximum Gasteiger partial charge on any atom is 0.251 e. The van der Waals surface area contributed by atoms with E-state index < -0.39 is 17.8 Å². The maximum absolute atomic E-state index is 13.5. The third-order valence-electron chi connectivity index (χ3n) is 4.13. The molecule has 1 saturated heterocycles. The molecule has 0 radical (unpaired) electrons. The zero-order chi connectivity index (χ0) is 18.7. The Balaban J connectivity index is 1.63. The number of carbonyl (C=O) groups is 2. The zero-order valence-corrected chi connectivity index (χ0v) is 13.7. The van der Waals surface area contributed by atoms with Crippen LogP contribution in [-0.2, 0) is 11.3 Å². The molecule has 5 nitrogen and oxygen atoms in total. The number of carbonyl (C=O) groups excluding carboxylic acids is 2. The molecule has 1 N–H and O–H groups in total. The smallest absolute Gasteiger partial charge is 0.251 e. The lowest BCUT2D eigenvalue weighted by molar-refractivity contribution is -0.128. The van der Waals surface area contributed by atoms with E-state index >= 15 is 0 Å². The summed E-state index contributed by atoms with van der Waals surface area (Å²) in [5.41, 5.74) is 0.872. The van der Waals surface area contributed by atoms with Gasteiger partial charge in [-0.25, -0.2) is 8.78 Å². The Labute approximate surface area is 148 Å². The summed E-state index contributed by atoms with van der Waals surface area (Å²) >= 11 is 0. The largest absolute Gasteiger partial charge is 0.347 e. The van der Waals surface area contributed by atoms with E-state index in [0.717, 1.165) is 17.7 Å². The van der Waals surface area contributed by atoms with Crippen molar-refractivity contribution in [2.45, 2.75) is 19.0 Å². The highest BCUT2D eigenvalue weighted by Gasteiger charge is 2.30. The van der Waals surface area contributed by atoms with E-state index in [2.05, 4.69) is 5.32 Å². The Morgan fingerprint density at radius 2 is 1.92 bits per heavy atom. The number of nitrogens with one attached hydrogen (secondary N) is 1. The molecule has 1 aliphatic rings. The molecule has 0 aliphatic carbocycles. The van der Waals surface area contributed by atoms with Crippen LogP contribution in [0.15, 0.2) is 42.5 Å². The van der Waals surface area contributed by atoms with Crippen LogP contribution in [0.4, 0.5) is 8.78 Å². The fraction of sp³-hybridized carbons (Fsp3) is 0.211. The average molecular weight is 355 g/mol. The van der Waals surface area contributed by atoms with Gasteiger partial charge >= 0.3 is 0 Å². The Bertz CT molecular complexity index is 891. The van der Waals surface area contributed by atoms with Crippen molar-refractivity contribution in [1.82, 2.24) is 10.2 Å². The summed E-state index contributed by atoms with van der Waals surface area (Å²) < 4.78 is 26.4. The first-order valence-electron chi connectivity index (χ1n) is 7.98. The van der Waals surface area contributed by atoms with Crippen LogP contribution in [0, 0.1) is 23.0 Å². The third-order valence-corrected chi connectivity index (χ3v) is 4.13. The molecular formula is C19H15F2N3O2. The molecule has 7 heteroatoms. The lowest BCUT2D eigenvalue weighted by atomic mass is 10.1. The van der Waals surface area contributed by atoms with Crippen molar-refractivity contribution in [3.8, 4) is 6.07 Å². The van der Waals surface area contributed by atoms with Gasteiger partial charge in [0.25, 0.3) is 5.91 Å². The first-order valence-corrected chi connectivity index (χ1v) is 7.98. The fourth-order valence-corrected chi connectivity index (χ4v) is 2.89. The van der Waals surface area contributed by atoms with Crippen LogP contribution in [0.5, 0.6) is 0 Å². The summed E-state index contributed by atoms with van der Waals surface area (Å²) in [6, 6.07) is 10.6. The van der Waals surface area contributed by atoms with Gasteiger partial charge in [0.1, 0.15) is 11.6 Å². The van der Waals surface area contributed by atoms with Crippen molar-refractivity contribution in [3.05, 3.63) is 70.8 Å². The minimum Gasteiger partial charge on any atom is -0.347 e. The second kappa shape index (κ2) is 7.31. The van der Waals surface area contributed by atoms with Crippen molar-refractivity contribution in [3.63, 3.8) is 0 Å². The van der Waals surface area contributed by atoms with Crippen molar-refractivity contribution < 1.29 is 18.4 Å². The van der Waals surface area contributed by atoms with Crippen LogP contribution in [0.3, 0.4) is 0 Å². The van der Waals surface area contributed by atoms with Crippen molar-refractivity contribution >= 4 is 11.8 Å². The van der Waals surface area contributed by atoms with E-state index in [1.807, 2.05) is 0 Å². The second-order valence-electron chi connectivity index (χ2n) is 6.12. The highest BCUT2D eigenvalue weighted by atomic mass is 19.1. The number of nitrogens with zero attached hydrogens (tertiary/aromatic N) is 2. The van der Waals surface area contributed by atoms with E-state index in [4.69, 9.17) is 5.26 Å². The first-order chi connectivity index (χ1) is 12.4. The standard InChI is InChI=1S/C19H15F2N3O2/c20-15-3-1-12(2-4-15)10-24-11-17(8-18(24)25)23-19(26)14-5-13(9-22)6-16(21)7-14/h1-7,17H,8,10-11H2,(H,23,26)/t17-/m0/s1. The van der Waals surface area contributed by atoms with Gasteiger partial charge in [-0.15, -0.1) is 0 Å². The molecule has 0 saturated carbocycles. The van der Waals surface area contributed by atoms with E-state index in [1.54, 1.807) is 23.1 Å². The molecule has 1 fully saturated rings. The summed E-state index contributed by atoms with van der Waals surface area (Å²) in [6.07, 6.45) is 0.132. The fourth-order valence-electron chi connectivity index (χ4n) is 2.89. The summed E-state index contributed by atoms with van der Waals surface area (Å²) in [4.78, 5) is 26.0. The Morgan fingerprint density at radius 1 is 1.19 bits per heavy atom. The van der Waals surface area contributed by atoms with Gasteiger partial charge in [0.05, 0.1) is 17.7 Å². The number of nitriles is 1. The predicted octanol–water partition coefficient (Wildman–Crippen LogP) is 2.37. The maximum atomic E-state index is 13.5. The minimum atomic E-state index is -0.672. The summed E-state index contributed by atoms with van der Waals surface area (Å²) in [5, 5.41) is 11.5. The van der Waals surface area contributed by atoms with Gasteiger partial charge in [-0.05, 0) is 35.9 Å². The van der Waals surface area contributed by atoms with E-state index in [0.29, 0.717) is 13.1 Å². The van der Waals surface area contributed by atoms with Crippen molar-refractivity contribution in [2.75, 3.05) is 6.54 Å². The SMILES string of the molecule is N#Cc1cc(F)cc(C(=O)N[C@H]2CC(=O)N(Cc3ccc(F)cc3)C2)c1. The molecule has 3 rings (SSSR count). The minimum absolute atomic E-state index is 0.0333. The van der Waals surface area contributed by atoms with Crippen LogP contribution < -0.4 is 5.32 Å². The molecule has 2 aromatic carbocycles. The number of likely N-dealkylation sites (tertiary alicyclic amines) is 1. The molecule has 2 aromatic rings. The number of hydrogen-bond acceptors (Lipinski definition) is 3. The molecule has 2 amide bonds.